The number of ether oxygens (including phenoxy) is 1. The molecule has 0 rings (SSSR count). The Morgan fingerprint density at radius 2 is 1.45 bits per heavy atom. The van der Waals surface area contributed by atoms with Gasteiger partial charge in [-0.05, 0) is 39.5 Å². The summed E-state index contributed by atoms with van der Waals surface area (Å²) in [6.45, 7) is 6.65. The van der Waals surface area contributed by atoms with E-state index in [0.717, 1.165) is 43.7 Å². The topological polar surface area (TPSA) is 81.5 Å². The van der Waals surface area contributed by atoms with E-state index >= 15 is 0 Å². The maximum Gasteiger partial charge on any atom is 0.205 e. The summed E-state index contributed by atoms with van der Waals surface area (Å²) in [6, 6.07) is 0. The van der Waals surface area contributed by atoms with Gasteiger partial charge >= 0.3 is 0 Å². The van der Waals surface area contributed by atoms with Crippen LogP contribution in [-0.2, 0) is 4.74 Å². The number of rotatable bonds is 8. The van der Waals surface area contributed by atoms with Gasteiger partial charge < -0.3 is 4.74 Å². The highest BCUT2D eigenvalue weighted by molar-refractivity contribution is 5.82. The predicted molar refractivity (Wildman–Crippen MR) is 82.7 cm³/mol. The number of nitriles is 2. The first kappa shape index (κ1) is 20.6. The predicted octanol–water partition coefficient (Wildman–Crippen LogP) is 3.86. The van der Waals surface area contributed by atoms with Crippen molar-refractivity contribution in [2.24, 2.45) is 9.98 Å². The lowest BCUT2D eigenvalue weighted by molar-refractivity contribution is 0.196. The minimum Gasteiger partial charge on any atom is -0.385 e. The quantitative estimate of drug-likeness (QED) is 0.384. The highest BCUT2D eigenvalue weighted by atomic mass is 16.5. The first-order valence-corrected chi connectivity index (χ1v) is 6.95. The van der Waals surface area contributed by atoms with E-state index < -0.39 is 0 Å². The maximum absolute atomic E-state index is 8.16. The second kappa shape index (κ2) is 17.3. The summed E-state index contributed by atoms with van der Waals surface area (Å²) >= 11 is 0. The van der Waals surface area contributed by atoms with Gasteiger partial charge in [-0.15, -0.1) is 0 Å². The van der Waals surface area contributed by atoms with E-state index in [2.05, 4.69) is 16.9 Å². The van der Waals surface area contributed by atoms with E-state index in [-0.39, 0.29) is 0 Å². The van der Waals surface area contributed by atoms with E-state index in [0.29, 0.717) is 0 Å². The first-order valence-electron chi connectivity index (χ1n) is 6.95. The van der Waals surface area contributed by atoms with Crippen LogP contribution in [0.15, 0.2) is 9.98 Å². The third kappa shape index (κ3) is 18.6. The molecule has 0 saturated heterocycles. The van der Waals surface area contributed by atoms with Crippen molar-refractivity contribution in [1.82, 2.24) is 0 Å². The summed E-state index contributed by atoms with van der Waals surface area (Å²) in [4.78, 5) is 7.18. The van der Waals surface area contributed by atoms with E-state index in [1.807, 2.05) is 13.8 Å². The molecule has 0 aromatic heterocycles. The maximum atomic E-state index is 8.16. The first-order chi connectivity index (χ1) is 9.62. The van der Waals surface area contributed by atoms with Gasteiger partial charge in [0.15, 0.2) is 0 Å². The summed E-state index contributed by atoms with van der Waals surface area (Å²) < 4.78 is 4.83. The molecule has 0 amide bonds. The molecule has 5 nitrogen and oxygen atoms in total. The van der Waals surface area contributed by atoms with E-state index in [4.69, 9.17) is 15.3 Å². The van der Waals surface area contributed by atoms with Gasteiger partial charge in [-0.1, -0.05) is 19.8 Å². The molecule has 0 spiro atoms. The van der Waals surface area contributed by atoms with Gasteiger partial charge in [0.2, 0.25) is 12.4 Å². The van der Waals surface area contributed by atoms with Crippen LogP contribution in [-0.4, -0.2) is 25.1 Å². The zero-order valence-electron chi connectivity index (χ0n) is 13.1. The molecule has 0 aliphatic rings. The Bertz CT molecular complexity index is 325. The normalized spacial score (nSPS) is 11.1. The Balaban J connectivity index is 0. The minimum absolute atomic E-state index is 0.734. The van der Waals surface area contributed by atoms with Crippen LogP contribution in [0, 0.1) is 22.9 Å². The molecule has 0 heterocycles. The summed E-state index contributed by atoms with van der Waals surface area (Å²) in [5.41, 5.74) is 1.83. The van der Waals surface area contributed by atoms with Gasteiger partial charge in [0.1, 0.15) is 0 Å². The van der Waals surface area contributed by atoms with Crippen LogP contribution in [0.1, 0.15) is 59.3 Å². The molecule has 0 aliphatic heterocycles. The Morgan fingerprint density at radius 3 is 1.85 bits per heavy atom. The highest BCUT2D eigenvalue weighted by Gasteiger charge is 1.90. The molecule has 0 unspecified atom stereocenters. The van der Waals surface area contributed by atoms with E-state index in [1.54, 1.807) is 19.5 Å². The van der Waals surface area contributed by atoms with Crippen LogP contribution < -0.4 is 0 Å². The largest absolute Gasteiger partial charge is 0.385 e. The fourth-order valence-corrected chi connectivity index (χ4v) is 1.39. The number of nitrogens with zero attached hydrogens (tertiary/aromatic N) is 4. The van der Waals surface area contributed by atoms with Gasteiger partial charge in [0.25, 0.3) is 0 Å². The van der Waals surface area contributed by atoms with Crippen molar-refractivity contribution in [1.29, 1.82) is 10.5 Å². The summed E-state index contributed by atoms with van der Waals surface area (Å²) in [5, 5.41) is 16.3. The lowest BCUT2D eigenvalue weighted by atomic mass is 10.1. The molecule has 0 aliphatic carbocycles. The van der Waals surface area contributed by atoms with Crippen LogP contribution in [0.25, 0.3) is 0 Å². The highest BCUT2D eigenvalue weighted by Crippen LogP contribution is 1.99. The van der Waals surface area contributed by atoms with Crippen LogP contribution in [0.5, 0.6) is 0 Å². The molecular formula is C15H26N4O. The van der Waals surface area contributed by atoms with Crippen molar-refractivity contribution in [2.45, 2.75) is 59.3 Å². The van der Waals surface area contributed by atoms with E-state index in [1.165, 1.54) is 12.8 Å². The molecule has 0 atom stereocenters. The van der Waals surface area contributed by atoms with Gasteiger partial charge in [-0.25, -0.2) is 0 Å². The third-order valence-electron chi connectivity index (χ3n) is 2.51. The molecule has 0 bridgehead atoms. The molecule has 0 aromatic rings. The zero-order chi connectivity index (χ0) is 15.6. The van der Waals surface area contributed by atoms with Crippen molar-refractivity contribution < 1.29 is 4.74 Å². The van der Waals surface area contributed by atoms with Crippen molar-refractivity contribution in [3.05, 3.63) is 0 Å². The van der Waals surface area contributed by atoms with Crippen LogP contribution in [0.3, 0.4) is 0 Å². The number of unbranched alkanes of at least 4 members (excludes halogenated alkanes) is 2. The molecular weight excluding hydrogens is 252 g/mol. The second-order valence-corrected chi connectivity index (χ2v) is 4.45. The SMILES string of the molecule is CCCCCC(C)=NC#N.COCCCC(C)=NC#N. The fourth-order valence-electron chi connectivity index (χ4n) is 1.39. The van der Waals surface area contributed by atoms with Gasteiger partial charge in [-0.2, -0.15) is 20.5 Å². The zero-order valence-corrected chi connectivity index (χ0v) is 13.1. The standard InChI is InChI=1S/C8H14N2.C7H12N2O/c1-3-4-5-6-8(2)10-7-9;1-7(9-6-8)4-3-5-10-2/h3-6H2,1-2H3;3-5H2,1-2H3. The lowest BCUT2D eigenvalue weighted by Crippen LogP contribution is -1.94. The monoisotopic (exact) mass is 278 g/mol. The van der Waals surface area contributed by atoms with Crippen molar-refractivity contribution >= 4 is 11.4 Å². The molecule has 0 saturated carbocycles. The minimum atomic E-state index is 0.734. The lowest BCUT2D eigenvalue weighted by Gasteiger charge is -1.95. The molecule has 20 heavy (non-hydrogen) atoms. The van der Waals surface area contributed by atoms with Crippen LogP contribution in [0.4, 0.5) is 0 Å². The Kier molecular flexibility index (Phi) is 17.8. The number of aliphatic imine (C=N–C) groups is 2. The van der Waals surface area contributed by atoms with Gasteiger partial charge in [0, 0.05) is 25.1 Å². The Labute approximate surface area is 123 Å². The summed E-state index contributed by atoms with van der Waals surface area (Å²) in [5.74, 6) is 0. The van der Waals surface area contributed by atoms with Crippen molar-refractivity contribution in [3.63, 3.8) is 0 Å². The average Bonchev–Trinajstić information content (AvgIpc) is 2.41. The van der Waals surface area contributed by atoms with Gasteiger partial charge in [0.05, 0.1) is 0 Å². The average molecular weight is 278 g/mol. The van der Waals surface area contributed by atoms with E-state index in [9.17, 15) is 0 Å². The molecule has 0 fully saturated rings. The smallest absolute Gasteiger partial charge is 0.205 e. The number of hydrogen-bond acceptors (Lipinski definition) is 5. The van der Waals surface area contributed by atoms with Crippen LogP contribution >= 0.6 is 0 Å². The number of hydrogen-bond donors (Lipinski definition) is 0. The van der Waals surface area contributed by atoms with Gasteiger partial charge in [-0.3, -0.25) is 0 Å². The van der Waals surface area contributed by atoms with Crippen molar-refractivity contribution in [3.8, 4) is 12.4 Å². The molecule has 0 aromatic carbocycles. The third-order valence-corrected chi connectivity index (χ3v) is 2.51. The summed E-state index contributed by atoms with van der Waals surface area (Å²) in [7, 11) is 1.66. The molecule has 5 heteroatoms. The summed E-state index contributed by atoms with van der Waals surface area (Å²) in [6.07, 6.45) is 9.90. The fraction of sp³-hybridized carbons (Fsp3) is 0.733. The Morgan fingerprint density at radius 1 is 0.950 bits per heavy atom. The second-order valence-electron chi connectivity index (χ2n) is 4.45. The van der Waals surface area contributed by atoms with Crippen molar-refractivity contribution in [2.75, 3.05) is 13.7 Å². The number of methoxy groups -OCH3 is 1. The Hall–Kier alpha value is -1.72. The molecule has 0 radical (unpaired) electrons. The van der Waals surface area contributed by atoms with Crippen LogP contribution in [0.2, 0.25) is 0 Å². The molecule has 0 N–H and O–H groups in total. The molecule has 112 valence electrons.